The summed E-state index contributed by atoms with van der Waals surface area (Å²) in [6, 6.07) is 12.7. The van der Waals surface area contributed by atoms with Crippen LogP contribution in [0.3, 0.4) is 0 Å². The third kappa shape index (κ3) is 5.51. The number of hydrogen-bond donors (Lipinski definition) is 4. The van der Waals surface area contributed by atoms with E-state index in [0.717, 1.165) is 31.1 Å². The molecule has 4 rings (SSSR count). The Hall–Kier alpha value is -3.53. The van der Waals surface area contributed by atoms with E-state index in [1.165, 1.54) is 24.3 Å². The van der Waals surface area contributed by atoms with Crippen molar-refractivity contribution in [1.29, 1.82) is 5.41 Å². The van der Waals surface area contributed by atoms with E-state index >= 15 is 0 Å². The average Bonchev–Trinajstić information content (AvgIpc) is 3.13. The fourth-order valence-electron chi connectivity index (χ4n) is 4.28. The van der Waals surface area contributed by atoms with Crippen molar-refractivity contribution in [2.45, 2.75) is 50.7 Å². The van der Waals surface area contributed by atoms with Crippen molar-refractivity contribution < 1.29 is 22.7 Å². The van der Waals surface area contributed by atoms with E-state index in [2.05, 4.69) is 10.1 Å². The molecule has 0 radical (unpaired) electrons. The molecule has 0 bridgehead atoms. The summed E-state index contributed by atoms with van der Waals surface area (Å²) < 4.78 is 43.1. The normalized spacial score (nSPS) is 18.6. The maximum atomic E-state index is 13.2. The average molecular weight is 473 g/mol. The number of benzene rings is 2. The first kappa shape index (κ1) is 23.6. The minimum Gasteiger partial charge on any atom is -0.406 e. The Morgan fingerprint density at radius 2 is 1.76 bits per heavy atom. The summed E-state index contributed by atoms with van der Waals surface area (Å²) in [4.78, 5) is 13.2. The van der Waals surface area contributed by atoms with Gasteiger partial charge in [0.05, 0.1) is 0 Å². The molecule has 1 aromatic heterocycles. The fraction of sp³-hybridized carbons (Fsp3) is 0.333. The molecule has 6 N–H and O–H groups in total. The molecule has 1 fully saturated rings. The molecule has 0 unspecified atom stereocenters. The summed E-state index contributed by atoms with van der Waals surface area (Å²) in [6.45, 7) is 0.232. The molecular weight excluding hydrogens is 447 g/mol. The van der Waals surface area contributed by atoms with Gasteiger partial charge < -0.3 is 26.1 Å². The molecule has 2 aromatic carbocycles. The number of hydrogen-bond acceptors (Lipinski definition) is 4. The maximum Gasteiger partial charge on any atom is 0.573 e. The third-order valence-corrected chi connectivity index (χ3v) is 6.05. The Labute approximate surface area is 194 Å². The van der Waals surface area contributed by atoms with Crippen LogP contribution in [0.5, 0.6) is 5.75 Å². The number of nitrogens with one attached hydrogen (secondary N) is 2. The van der Waals surface area contributed by atoms with Crippen molar-refractivity contribution >= 4 is 22.6 Å². The lowest BCUT2D eigenvalue weighted by molar-refractivity contribution is -0.274. The molecule has 1 aliphatic carbocycles. The summed E-state index contributed by atoms with van der Waals surface area (Å²) in [6.07, 6.45) is -1.45. The van der Waals surface area contributed by atoms with Crippen LogP contribution in [0.1, 0.15) is 47.3 Å². The molecule has 10 heteroatoms. The molecule has 0 spiro atoms. The zero-order valence-corrected chi connectivity index (χ0v) is 18.4. The minimum absolute atomic E-state index is 0.0327. The first-order chi connectivity index (χ1) is 16.1. The van der Waals surface area contributed by atoms with Crippen LogP contribution in [0.4, 0.5) is 13.2 Å². The second-order valence-corrected chi connectivity index (χ2v) is 8.58. The van der Waals surface area contributed by atoms with Gasteiger partial charge in [0.1, 0.15) is 17.3 Å². The number of nitrogen functional groups attached to an aromatic ring is 1. The van der Waals surface area contributed by atoms with E-state index < -0.39 is 6.36 Å². The second-order valence-electron chi connectivity index (χ2n) is 8.58. The van der Waals surface area contributed by atoms with Crippen LogP contribution in [-0.4, -0.2) is 34.8 Å². The lowest BCUT2D eigenvalue weighted by Gasteiger charge is -2.27. The number of halogens is 3. The molecule has 7 nitrogen and oxygen atoms in total. The molecule has 34 heavy (non-hydrogen) atoms. The number of ether oxygens (including phenoxy) is 1. The van der Waals surface area contributed by atoms with Gasteiger partial charge in [0.25, 0.3) is 5.91 Å². The summed E-state index contributed by atoms with van der Waals surface area (Å²) in [5, 5.41) is 11.6. The van der Waals surface area contributed by atoms with Crippen molar-refractivity contribution in [1.82, 2.24) is 9.88 Å². The van der Waals surface area contributed by atoms with E-state index in [9.17, 15) is 18.0 Å². The van der Waals surface area contributed by atoms with E-state index in [-0.39, 0.29) is 36.1 Å². The Morgan fingerprint density at radius 3 is 2.38 bits per heavy atom. The Morgan fingerprint density at radius 1 is 1.09 bits per heavy atom. The van der Waals surface area contributed by atoms with Gasteiger partial charge in [-0.3, -0.25) is 10.2 Å². The molecule has 1 amide bonds. The predicted molar refractivity (Wildman–Crippen MR) is 123 cm³/mol. The van der Waals surface area contributed by atoms with E-state index in [1.54, 1.807) is 28.8 Å². The zero-order chi connectivity index (χ0) is 24.5. The van der Waals surface area contributed by atoms with Crippen LogP contribution < -0.4 is 21.5 Å². The van der Waals surface area contributed by atoms with Crippen molar-refractivity contribution in [3.8, 4) is 5.75 Å². The van der Waals surface area contributed by atoms with Gasteiger partial charge in [0.2, 0.25) is 0 Å². The van der Waals surface area contributed by atoms with Crippen molar-refractivity contribution in [2.24, 2.45) is 11.5 Å². The smallest absolute Gasteiger partial charge is 0.406 e. The summed E-state index contributed by atoms with van der Waals surface area (Å²) in [7, 11) is 0. The van der Waals surface area contributed by atoms with Gasteiger partial charge in [-0.2, -0.15) is 0 Å². The number of carbonyl (C=O) groups excluding carboxylic acids is 1. The van der Waals surface area contributed by atoms with Crippen LogP contribution in [-0.2, 0) is 6.54 Å². The molecule has 1 aliphatic rings. The van der Waals surface area contributed by atoms with Gasteiger partial charge in [-0.25, -0.2) is 0 Å². The number of nitrogens with two attached hydrogens (primary N) is 2. The Kier molecular flexibility index (Phi) is 6.52. The molecule has 180 valence electrons. The topological polar surface area (TPSA) is 119 Å². The predicted octanol–water partition coefficient (Wildman–Crippen LogP) is 3.87. The number of nitrogens with zero attached hydrogens (tertiary/aromatic N) is 1. The van der Waals surface area contributed by atoms with Crippen molar-refractivity contribution in [3.63, 3.8) is 0 Å². The quantitative estimate of drug-likeness (QED) is 0.321. The first-order valence-electron chi connectivity index (χ1n) is 11.0. The minimum atomic E-state index is -4.77. The lowest BCUT2D eigenvalue weighted by atomic mass is 9.92. The van der Waals surface area contributed by atoms with Crippen LogP contribution in [0.15, 0.2) is 48.5 Å². The second kappa shape index (κ2) is 9.38. The zero-order valence-electron chi connectivity index (χ0n) is 18.4. The number of aromatic nitrogens is 1. The standard InChI is InChI=1S/C24H26F3N5O2/c25-24(26,27)34-19-9-1-14(2-10-19)13-32-20-12-16(22(29)30)4-3-15(20)11-21(32)23(33)31-18-7-5-17(28)6-8-18/h1-4,9-12,17-18H,5-8,13,28H2,(H3,29,30)(H,31,33). The van der Waals surface area contributed by atoms with Crippen molar-refractivity contribution in [2.75, 3.05) is 0 Å². The molecule has 0 aliphatic heterocycles. The number of alkyl halides is 3. The van der Waals surface area contributed by atoms with Crippen molar-refractivity contribution in [3.05, 3.63) is 65.4 Å². The monoisotopic (exact) mass is 473 g/mol. The van der Waals surface area contributed by atoms with Gasteiger partial charge in [0.15, 0.2) is 0 Å². The molecule has 1 saturated carbocycles. The largest absolute Gasteiger partial charge is 0.573 e. The fourth-order valence-corrected chi connectivity index (χ4v) is 4.28. The van der Waals surface area contributed by atoms with E-state index in [1.807, 2.05) is 0 Å². The SMILES string of the molecule is N=C(N)c1ccc2cc(C(=O)NC3CCC(N)CC3)n(Cc3ccc(OC(F)(F)F)cc3)c2c1. The number of amidine groups is 1. The molecule has 0 saturated heterocycles. The Bertz CT molecular complexity index is 1200. The van der Waals surface area contributed by atoms with Gasteiger partial charge in [-0.15, -0.1) is 13.2 Å². The van der Waals surface area contributed by atoms with Crippen LogP contribution in [0.25, 0.3) is 10.9 Å². The number of carbonyl (C=O) groups is 1. The summed E-state index contributed by atoms with van der Waals surface area (Å²) >= 11 is 0. The highest BCUT2D eigenvalue weighted by Crippen LogP contribution is 2.26. The van der Waals surface area contributed by atoms with Crippen LogP contribution >= 0.6 is 0 Å². The highest BCUT2D eigenvalue weighted by molar-refractivity contribution is 6.02. The summed E-state index contributed by atoms with van der Waals surface area (Å²) in [5.74, 6) is -0.660. The lowest BCUT2D eigenvalue weighted by Crippen LogP contribution is -2.41. The van der Waals surface area contributed by atoms with E-state index in [4.69, 9.17) is 16.9 Å². The third-order valence-electron chi connectivity index (χ3n) is 6.05. The molecule has 0 atom stereocenters. The highest BCUT2D eigenvalue weighted by Gasteiger charge is 2.31. The van der Waals surface area contributed by atoms with Crippen LogP contribution in [0.2, 0.25) is 0 Å². The highest BCUT2D eigenvalue weighted by atomic mass is 19.4. The first-order valence-corrected chi connectivity index (χ1v) is 11.0. The molecular formula is C24H26F3N5O2. The molecule has 1 heterocycles. The van der Waals surface area contributed by atoms with Gasteiger partial charge >= 0.3 is 6.36 Å². The number of fused-ring (bicyclic) bond motifs is 1. The van der Waals surface area contributed by atoms with Gasteiger partial charge in [-0.1, -0.05) is 24.3 Å². The number of amides is 1. The van der Waals surface area contributed by atoms with E-state index in [0.29, 0.717) is 22.3 Å². The van der Waals surface area contributed by atoms with Crippen LogP contribution in [0, 0.1) is 5.41 Å². The Balaban J connectivity index is 1.65. The maximum absolute atomic E-state index is 13.2. The summed E-state index contributed by atoms with van der Waals surface area (Å²) in [5.41, 5.74) is 13.9. The molecule has 3 aromatic rings. The number of rotatable bonds is 6. The van der Waals surface area contributed by atoms with Gasteiger partial charge in [-0.05, 0) is 55.5 Å². The van der Waals surface area contributed by atoms with Gasteiger partial charge in [0, 0.05) is 35.1 Å².